The lowest BCUT2D eigenvalue weighted by Crippen LogP contribution is -2.23. The molecule has 102 valence electrons. The molecule has 0 bridgehead atoms. The molecule has 0 fully saturated rings. The zero-order chi connectivity index (χ0) is 14.1. The minimum absolute atomic E-state index is 0.240. The minimum Gasteiger partial charge on any atom is -0.467 e. The third kappa shape index (κ3) is 2.18. The van der Waals surface area contributed by atoms with Gasteiger partial charge < -0.3 is 14.7 Å². The van der Waals surface area contributed by atoms with Gasteiger partial charge in [-0.25, -0.2) is 4.39 Å². The summed E-state index contributed by atoms with van der Waals surface area (Å²) in [5.74, 6) is 0.121. The first-order valence-corrected chi connectivity index (χ1v) is 6.23. The topological polar surface area (TPSA) is 58.0 Å². The van der Waals surface area contributed by atoms with Gasteiger partial charge in [0.25, 0.3) is 5.91 Å². The second kappa shape index (κ2) is 4.85. The first-order chi connectivity index (χ1) is 9.65. The van der Waals surface area contributed by atoms with Crippen LogP contribution < -0.4 is 5.32 Å². The number of hydrogen-bond donors (Lipinski definition) is 2. The highest BCUT2D eigenvalue weighted by molar-refractivity contribution is 6.00. The number of H-pyrrole nitrogens is 1. The fourth-order valence-corrected chi connectivity index (χ4v) is 2.19. The number of fused-ring (bicyclic) bond motifs is 1. The molecule has 0 unspecified atom stereocenters. The van der Waals surface area contributed by atoms with Gasteiger partial charge in [0.05, 0.1) is 12.8 Å². The molecule has 0 atom stereocenters. The molecule has 3 aromatic rings. The summed E-state index contributed by atoms with van der Waals surface area (Å²) >= 11 is 0. The molecule has 2 N–H and O–H groups in total. The molecule has 0 saturated carbocycles. The predicted molar refractivity (Wildman–Crippen MR) is 72.9 cm³/mol. The SMILES string of the molecule is Cc1c(C(=O)NCc2ccco2)[nH]c2ccc(F)cc12. The van der Waals surface area contributed by atoms with Crippen LogP contribution in [0.3, 0.4) is 0 Å². The quantitative estimate of drug-likeness (QED) is 0.769. The summed E-state index contributed by atoms with van der Waals surface area (Å²) in [6, 6.07) is 7.96. The third-order valence-electron chi connectivity index (χ3n) is 3.25. The fraction of sp³-hybridized carbons (Fsp3) is 0.133. The molecule has 0 aliphatic carbocycles. The lowest BCUT2D eigenvalue weighted by atomic mass is 10.1. The molecule has 0 aliphatic heterocycles. The molecule has 3 rings (SSSR count). The number of amides is 1. The van der Waals surface area contributed by atoms with Gasteiger partial charge in [0.2, 0.25) is 0 Å². The zero-order valence-electron chi connectivity index (χ0n) is 10.9. The van der Waals surface area contributed by atoms with Crippen LogP contribution in [0.5, 0.6) is 0 Å². The van der Waals surface area contributed by atoms with Crippen molar-refractivity contribution in [2.45, 2.75) is 13.5 Å². The van der Waals surface area contributed by atoms with E-state index in [1.54, 1.807) is 31.4 Å². The minimum atomic E-state index is -0.317. The van der Waals surface area contributed by atoms with Crippen LogP contribution in [-0.4, -0.2) is 10.9 Å². The van der Waals surface area contributed by atoms with Gasteiger partial charge in [-0.05, 0) is 42.8 Å². The molecule has 1 amide bonds. The number of carbonyl (C=O) groups excluding carboxylic acids is 1. The van der Waals surface area contributed by atoms with Crippen LogP contribution in [0.15, 0.2) is 41.0 Å². The van der Waals surface area contributed by atoms with Crippen LogP contribution in [0.25, 0.3) is 10.9 Å². The Morgan fingerprint density at radius 3 is 3.00 bits per heavy atom. The van der Waals surface area contributed by atoms with E-state index < -0.39 is 0 Å². The van der Waals surface area contributed by atoms with Gasteiger partial charge in [0.15, 0.2) is 0 Å². The molecule has 1 aromatic carbocycles. The van der Waals surface area contributed by atoms with E-state index in [0.29, 0.717) is 23.4 Å². The smallest absolute Gasteiger partial charge is 0.268 e. The van der Waals surface area contributed by atoms with Crippen LogP contribution in [0.1, 0.15) is 21.8 Å². The van der Waals surface area contributed by atoms with E-state index in [9.17, 15) is 9.18 Å². The largest absolute Gasteiger partial charge is 0.467 e. The Balaban J connectivity index is 1.86. The Hall–Kier alpha value is -2.56. The molecular weight excluding hydrogens is 259 g/mol. The fourth-order valence-electron chi connectivity index (χ4n) is 2.19. The monoisotopic (exact) mass is 272 g/mol. The van der Waals surface area contributed by atoms with Crippen molar-refractivity contribution in [2.24, 2.45) is 0 Å². The van der Waals surface area contributed by atoms with E-state index in [0.717, 1.165) is 11.1 Å². The Labute approximate surface area is 114 Å². The number of aromatic amines is 1. The van der Waals surface area contributed by atoms with Crippen LogP contribution in [0.2, 0.25) is 0 Å². The van der Waals surface area contributed by atoms with Crippen molar-refractivity contribution in [1.82, 2.24) is 10.3 Å². The van der Waals surface area contributed by atoms with Gasteiger partial charge in [-0.15, -0.1) is 0 Å². The highest BCUT2D eigenvalue weighted by Gasteiger charge is 2.15. The summed E-state index contributed by atoms with van der Waals surface area (Å²) < 4.78 is 18.4. The first-order valence-electron chi connectivity index (χ1n) is 6.23. The number of carbonyl (C=O) groups is 1. The molecule has 5 heteroatoms. The molecule has 4 nitrogen and oxygen atoms in total. The van der Waals surface area contributed by atoms with E-state index in [-0.39, 0.29) is 11.7 Å². The second-order valence-corrected chi connectivity index (χ2v) is 4.58. The van der Waals surface area contributed by atoms with E-state index in [2.05, 4.69) is 10.3 Å². The maximum Gasteiger partial charge on any atom is 0.268 e. The Morgan fingerprint density at radius 2 is 2.25 bits per heavy atom. The number of hydrogen-bond acceptors (Lipinski definition) is 2. The number of rotatable bonds is 3. The standard InChI is InChI=1S/C15H13FN2O2/c1-9-12-7-10(16)4-5-13(12)18-14(9)15(19)17-8-11-3-2-6-20-11/h2-7,18H,8H2,1H3,(H,17,19). The van der Waals surface area contributed by atoms with Gasteiger partial charge in [-0.2, -0.15) is 0 Å². The van der Waals surface area contributed by atoms with Crippen molar-refractivity contribution in [2.75, 3.05) is 0 Å². The van der Waals surface area contributed by atoms with E-state index in [4.69, 9.17) is 4.42 Å². The van der Waals surface area contributed by atoms with Crippen molar-refractivity contribution in [3.8, 4) is 0 Å². The Morgan fingerprint density at radius 1 is 1.40 bits per heavy atom. The normalized spacial score (nSPS) is 10.9. The van der Waals surface area contributed by atoms with Gasteiger partial charge in [0, 0.05) is 10.9 Å². The van der Waals surface area contributed by atoms with Gasteiger partial charge >= 0.3 is 0 Å². The van der Waals surface area contributed by atoms with Crippen molar-refractivity contribution >= 4 is 16.8 Å². The average molecular weight is 272 g/mol. The predicted octanol–water partition coefficient (Wildman–Crippen LogP) is 3.14. The lowest BCUT2D eigenvalue weighted by Gasteiger charge is -2.02. The number of halogens is 1. The Kier molecular flexibility index (Phi) is 3.02. The number of aryl methyl sites for hydroxylation is 1. The summed E-state index contributed by atoms with van der Waals surface area (Å²) in [4.78, 5) is 15.1. The summed E-state index contributed by atoms with van der Waals surface area (Å²) in [7, 11) is 0. The molecule has 0 saturated heterocycles. The van der Waals surface area contributed by atoms with Gasteiger partial charge in [-0.3, -0.25) is 4.79 Å². The number of benzene rings is 1. The summed E-state index contributed by atoms with van der Waals surface area (Å²) in [6.07, 6.45) is 1.55. The highest BCUT2D eigenvalue weighted by Crippen LogP contribution is 2.22. The summed E-state index contributed by atoms with van der Waals surface area (Å²) in [6.45, 7) is 2.11. The number of aromatic nitrogens is 1. The highest BCUT2D eigenvalue weighted by atomic mass is 19.1. The van der Waals surface area contributed by atoms with E-state index in [1.165, 1.54) is 12.1 Å². The van der Waals surface area contributed by atoms with Crippen molar-refractivity contribution in [3.63, 3.8) is 0 Å². The third-order valence-corrected chi connectivity index (χ3v) is 3.25. The van der Waals surface area contributed by atoms with Crippen LogP contribution in [0.4, 0.5) is 4.39 Å². The van der Waals surface area contributed by atoms with Crippen molar-refractivity contribution in [1.29, 1.82) is 0 Å². The lowest BCUT2D eigenvalue weighted by molar-refractivity contribution is 0.0943. The van der Waals surface area contributed by atoms with E-state index in [1.807, 2.05) is 0 Å². The maximum atomic E-state index is 13.2. The van der Waals surface area contributed by atoms with E-state index >= 15 is 0 Å². The summed E-state index contributed by atoms with van der Waals surface area (Å²) in [5.41, 5.74) is 1.92. The maximum absolute atomic E-state index is 13.2. The molecule has 2 heterocycles. The van der Waals surface area contributed by atoms with Crippen molar-refractivity contribution < 1.29 is 13.6 Å². The molecule has 0 radical (unpaired) electrons. The van der Waals surface area contributed by atoms with Crippen LogP contribution >= 0.6 is 0 Å². The van der Waals surface area contributed by atoms with Gasteiger partial charge in [-0.1, -0.05) is 0 Å². The van der Waals surface area contributed by atoms with Crippen LogP contribution in [-0.2, 0) is 6.54 Å². The number of furan rings is 1. The Bertz CT molecular complexity index is 760. The number of nitrogens with one attached hydrogen (secondary N) is 2. The second-order valence-electron chi connectivity index (χ2n) is 4.58. The van der Waals surface area contributed by atoms with Crippen molar-refractivity contribution in [3.05, 3.63) is 59.4 Å². The summed E-state index contributed by atoms with van der Waals surface area (Å²) in [5, 5.41) is 3.48. The average Bonchev–Trinajstić information content (AvgIpc) is 3.05. The van der Waals surface area contributed by atoms with Crippen LogP contribution in [0, 0.1) is 12.7 Å². The molecular formula is C15H13FN2O2. The van der Waals surface area contributed by atoms with Gasteiger partial charge in [0.1, 0.15) is 17.3 Å². The zero-order valence-corrected chi connectivity index (χ0v) is 10.9. The molecule has 2 aromatic heterocycles. The molecule has 0 spiro atoms. The first kappa shape index (κ1) is 12.5. The molecule has 0 aliphatic rings. The molecule has 20 heavy (non-hydrogen) atoms.